The molecule has 16 heavy (non-hydrogen) atoms. The molecule has 0 bridgehead atoms. The second-order valence-electron chi connectivity index (χ2n) is 3.89. The van der Waals surface area contributed by atoms with Crippen molar-refractivity contribution in [2.24, 2.45) is 5.92 Å². The third kappa shape index (κ3) is 2.81. The highest BCUT2D eigenvalue weighted by atomic mass is 32.2. The summed E-state index contributed by atoms with van der Waals surface area (Å²) in [5, 5.41) is 0. The highest BCUT2D eigenvalue weighted by Gasteiger charge is 2.19. The Hall–Kier alpha value is -0.910. The average Bonchev–Trinajstić information content (AvgIpc) is 2.81. The Morgan fingerprint density at radius 3 is 2.69 bits per heavy atom. The van der Waals surface area contributed by atoms with Crippen LogP contribution in [0.25, 0.3) is 0 Å². The van der Waals surface area contributed by atoms with Crippen LogP contribution in [0.1, 0.15) is 6.42 Å². The fraction of sp³-hybridized carbons (Fsp3) is 0.455. The monoisotopic (exact) mass is 241 g/mol. The second-order valence-corrected chi connectivity index (χ2v) is 5.66. The molecule has 2 rings (SSSR count). The summed E-state index contributed by atoms with van der Waals surface area (Å²) in [5.41, 5.74) is 0. The highest BCUT2D eigenvalue weighted by Crippen LogP contribution is 2.13. The zero-order valence-electron chi connectivity index (χ0n) is 8.93. The molecular formula is C11H15NO3S. The van der Waals surface area contributed by atoms with Crippen molar-refractivity contribution in [1.29, 1.82) is 0 Å². The third-order valence-electron chi connectivity index (χ3n) is 2.64. The number of hydrogen-bond donors (Lipinski definition) is 1. The largest absolute Gasteiger partial charge is 0.381 e. The van der Waals surface area contributed by atoms with Crippen molar-refractivity contribution in [3.8, 4) is 0 Å². The van der Waals surface area contributed by atoms with Crippen LogP contribution >= 0.6 is 0 Å². The van der Waals surface area contributed by atoms with Gasteiger partial charge in [0.25, 0.3) is 0 Å². The molecule has 1 N–H and O–H groups in total. The molecular weight excluding hydrogens is 226 g/mol. The molecule has 0 amide bonds. The Kier molecular flexibility index (Phi) is 3.58. The Labute approximate surface area is 95.7 Å². The lowest BCUT2D eigenvalue weighted by Crippen LogP contribution is -2.29. The van der Waals surface area contributed by atoms with E-state index in [0.29, 0.717) is 24.0 Å². The summed E-state index contributed by atoms with van der Waals surface area (Å²) in [5.74, 6) is 0.304. The maximum atomic E-state index is 11.8. The van der Waals surface area contributed by atoms with Gasteiger partial charge in [0.2, 0.25) is 10.0 Å². The van der Waals surface area contributed by atoms with Crippen molar-refractivity contribution in [3.05, 3.63) is 30.3 Å². The maximum Gasteiger partial charge on any atom is 0.240 e. The lowest BCUT2D eigenvalue weighted by Gasteiger charge is -2.09. The zero-order valence-corrected chi connectivity index (χ0v) is 9.74. The number of benzene rings is 1. The maximum absolute atomic E-state index is 11.8. The molecule has 1 aliphatic heterocycles. The summed E-state index contributed by atoms with van der Waals surface area (Å²) >= 11 is 0. The number of nitrogens with one attached hydrogen (secondary N) is 1. The first-order valence-corrected chi connectivity index (χ1v) is 6.79. The van der Waals surface area contributed by atoms with E-state index in [1.807, 2.05) is 0 Å². The van der Waals surface area contributed by atoms with Crippen molar-refractivity contribution in [2.75, 3.05) is 19.8 Å². The van der Waals surface area contributed by atoms with Crippen LogP contribution in [0.15, 0.2) is 35.2 Å². The summed E-state index contributed by atoms with van der Waals surface area (Å²) in [4.78, 5) is 0.314. The number of sulfonamides is 1. The van der Waals surface area contributed by atoms with E-state index in [2.05, 4.69) is 4.72 Å². The Balaban J connectivity index is 1.98. The van der Waals surface area contributed by atoms with E-state index in [0.717, 1.165) is 13.0 Å². The van der Waals surface area contributed by atoms with Crippen LogP contribution in [0, 0.1) is 5.92 Å². The van der Waals surface area contributed by atoms with Gasteiger partial charge in [0, 0.05) is 13.2 Å². The smallest absolute Gasteiger partial charge is 0.240 e. The minimum atomic E-state index is -3.35. The summed E-state index contributed by atoms with van der Waals surface area (Å²) in [6, 6.07) is 8.41. The number of rotatable bonds is 4. The van der Waals surface area contributed by atoms with Gasteiger partial charge in [-0.2, -0.15) is 0 Å². The van der Waals surface area contributed by atoms with Crippen LogP contribution in [0.5, 0.6) is 0 Å². The molecule has 1 aliphatic rings. The van der Waals surface area contributed by atoms with Crippen molar-refractivity contribution < 1.29 is 13.2 Å². The molecule has 5 heteroatoms. The van der Waals surface area contributed by atoms with E-state index in [9.17, 15) is 8.42 Å². The van der Waals surface area contributed by atoms with E-state index in [1.54, 1.807) is 30.3 Å². The van der Waals surface area contributed by atoms with E-state index in [4.69, 9.17) is 4.74 Å². The van der Waals surface area contributed by atoms with Gasteiger partial charge in [-0.15, -0.1) is 0 Å². The van der Waals surface area contributed by atoms with Crippen LogP contribution in [-0.2, 0) is 14.8 Å². The number of hydrogen-bond acceptors (Lipinski definition) is 3. The van der Waals surface area contributed by atoms with Gasteiger partial charge >= 0.3 is 0 Å². The van der Waals surface area contributed by atoms with Gasteiger partial charge in [-0.3, -0.25) is 0 Å². The summed E-state index contributed by atoms with van der Waals surface area (Å²) < 4.78 is 31.5. The van der Waals surface area contributed by atoms with E-state index in [1.165, 1.54) is 0 Å². The van der Waals surface area contributed by atoms with Crippen molar-refractivity contribution >= 4 is 10.0 Å². The minimum Gasteiger partial charge on any atom is -0.381 e. The normalized spacial score (nSPS) is 21.1. The van der Waals surface area contributed by atoms with E-state index >= 15 is 0 Å². The average molecular weight is 241 g/mol. The summed E-state index contributed by atoms with van der Waals surface area (Å²) in [7, 11) is -3.35. The van der Waals surface area contributed by atoms with Crippen LogP contribution in [0.4, 0.5) is 0 Å². The van der Waals surface area contributed by atoms with Gasteiger partial charge in [0.1, 0.15) is 0 Å². The standard InChI is InChI=1S/C11H15NO3S/c13-16(14,11-4-2-1-3-5-11)12-8-10-6-7-15-9-10/h1-5,10,12H,6-9H2. The van der Waals surface area contributed by atoms with E-state index < -0.39 is 10.0 Å². The van der Waals surface area contributed by atoms with Gasteiger partial charge in [0.05, 0.1) is 11.5 Å². The predicted octanol–water partition coefficient (Wildman–Crippen LogP) is 1.00. The molecule has 0 aliphatic carbocycles. The fourth-order valence-corrected chi connectivity index (χ4v) is 2.79. The molecule has 1 atom stereocenters. The lowest BCUT2D eigenvalue weighted by molar-refractivity contribution is 0.186. The predicted molar refractivity (Wildman–Crippen MR) is 60.6 cm³/mol. The summed E-state index contributed by atoms with van der Waals surface area (Å²) in [6.07, 6.45) is 0.928. The quantitative estimate of drug-likeness (QED) is 0.855. The molecule has 1 fully saturated rings. The first-order valence-electron chi connectivity index (χ1n) is 5.31. The van der Waals surface area contributed by atoms with Crippen molar-refractivity contribution in [2.45, 2.75) is 11.3 Å². The van der Waals surface area contributed by atoms with Gasteiger partial charge in [-0.05, 0) is 24.5 Å². The van der Waals surface area contributed by atoms with Crippen LogP contribution in [-0.4, -0.2) is 28.2 Å². The first kappa shape index (κ1) is 11.6. The molecule has 1 aromatic carbocycles. The minimum absolute atomic E-state index is 0.304. The molecule has 1 saturated heterocycles. The van der Waals surface area contributed by atoms with Gasteiger partial charge in [-0.1, -0.05) is 18.2 Å². The SMILES string of the molecule is O=S(=O)(NCC1CCOC1)c1ccccc1. The van der Waals surface area contributed by atoms with Gasteiger partial charge < -0.3 is 4.74 Å². The summed E-state index contributed by atoms with van der Waals surface area (Å²) in [6.45, 7) is 1.84. The van der Waals surface area contributed by atoms with E-state index in [-0.39, 0.29) is 0 Å². The molecule has 0 saturated carbocycles. The fourth-order valence-electron chi connectivity index (χ4n) is 1.65. The Morgan fingerprint density at radius 1 is 1.31 bits per heavy atom. The molecule has 88 valence electrons. The van der Waals surface area contributed by atoms with Gasteiger partial charge in [0.15, 0.2) is 0 Å². The second kappa shape index (κ2) is 4.95. The van der Waals surface area contributed by atoms with Gasteiger partial charge in [-0.25, -0.2) is 13.1 Å². The first-order chi connectivity index (χ1) is 7.68. The van der Waals surface area contributed by atoms with Crippen LogP contribution < -0.4 is 4.72 Å². The molecule has 1 unspecified atom stereocenters. The molecule has 0 radical (unpaired) electrons. The molecule has 1 aromatic rings. The Bertz CT molecular complexity index is 424. The Morgan fingerprint density at radius 2 is 2.06 bits per heavy atom. The molecule has 1 heterocycles. The molecule has 0 aromatic heterocycles. The highest BCUT2D eigenvalue weighted by molar-refractivity contribution is 7.89. The third-order valence-corrected chi connectivity index (χ3v) is 4.08. The molecule has 0 spiro atoms. The zero-order chi connectivity index (χ0) is 11.4. The van der Waals surface area contributed by atoms with Crippen molar-refractivity contribution in [1.82, 2.24) is 4.72 Å². The topological polar surface area (TPSA) is 55.4 Å². The number of ether oxygens (including phenoxy) is 1. The van der Waals surface area contributed by atoms with Crippen LogP contribution in [0.3, 0.4) is 0 Å². The molecule has 4 nitrogen and oxygen atoms in total. The van der Waals surface area contributed by atoms with Crippen molar-refractivity contribution in [3.63, 3.8) is 0 Å². The van der Waals surface area contributed by atoms with Crippen LogP contribution in [0.2, 0.25) is 0 Å². The lowest BCUT2D eigenvalue weighted by atomic mass is 10.1.